The van der Waals surface area contributed by atoms with E-state index in [1.165, 1.54) is 19.2 Å². The molecule has 1 aromatic heterocycles. The number of rotatable bonds is 7. The third-order valence-electron chi connectivity index (χ3n) is 4.31. The van der Waals surface area contributed by atoms with E-state index in [2.05, 4.69) is 10.3 Å². The Labute approximate surface area is 167 Å². The summed E-state index contributed by atoms with van der Waals surface area (Å²) in [7, 11) is 1.53. The van der Waals surface area contributed by atoms with Crippen LogP contribution < -0.4 is 14.8 Å². The number of methoxy groups -OCH3 is 1. The first kappa shape index (κ1) is 19.8. The molecule has 3 aromatic rings. The molecule has 1 N–H and O–H groups in total. The lowest BCUT2D eigenvalue weighted by Gasteiger charge is -2.13. The quantitative estimate of drug-likeness (QED) is 0.478. The Kier molecular flexibility index (Phi) is 6.03. The lowest BCUT2D eigenvalue weighted by Crippen LogP contribution is -2.14. The molecule has 0 fully saturated rings. The van der Waals surface area contributed by atoms with E-state index in [4.69, 9.17) is 9.47 Å². The molecular formula is C21H19N3O5. The van der Waals surface area contributed by atoms with Gasteiger partial charge in [0.05, 0.1) is 12.0 Å². The van der Waals surface area contributed by atoms with E-state index in [0.717, 1.165) is 5.56 Å². The number of carbonyl (C=O) groups is 1. The summed E-state index contributed by atoms with van der Waals surface area (Å²) in [6.07, 6.45) is 3.35. The van der Waals surface area contributed by atoms with Crippen LogP contribution in [0.25, 0.3) is 0 Å². The van der Waals surface area contributed by atoms with Gasteiger partial charge in [-0.1, -0.05) is 6.07 Å². The molecule has 0 aliphatic carbocycles. The Morgan fingerprint density at radius 2 is 1.90 bits per heavy atom. The van der Waals surface area contributed by atoms with Crippen LogP contribution in [-0.4, -0.2) is 22.9 Å². The average molecular weight is 393 g/mol. The van der Waals surface area contributed by atoms with E-state index < -0.39 is 10.8 Å². The van der Waals surface area contributed by atoms with Crippen LogP contribution in [-0.2, 0) is 6.61 Å². The van der Waals surface area contributed by atoms with Gasteiger partial charge < -0.3 is 14.8 Å². The predicted octanol–water partition coefficient (Wildman–Crippen LogP) is 4.14. The van der Waals surface area contributed by atoms with E-state index in [9.17, 15) is 14.9 Å². The number of hydrogen-bond donors (Lipinski definition) is 1. The SMILES string of the molecule is COc1ccc(NC(=O)c2cccc([N+](=O)[O-])c2C)cc1OCc1ccncc1. The number of anilines is 1. The van der Waals surface area contributed by atoms with Gasteiger partial charge in [0.2, 0.25) is 0 Å². The fourth-order valence-electron chi connectivity index (χ4n) is 2.77. The van der Waals surface area contributed by atoms with Crippen LogP contribution in [0.2, 0.25) is 0 Å². The van der Waals surface area contributed by atoms with E-state index in [-0.39, 0.29) is 11.3 Å². The fourth-order valence-corrected chi connectivity index (χ4v) is 2.77. The molecule has 0 saturated carbocycles. The number of carbonyl (C=O) groups excluding carboxylic acids is 1. The van der Waals surface area contributed by atoms with Gasteiger partial charge in [-0.3, -0.25) is 19.9 Å². The largest absolute Gasteiger partial charge is 0.493 e. The smallest absolute Gasteiger partial charge is 0.273 e. The van der Waals surface area contributed by atoms with Crippen LogP contribution in [0.4, 0.5) is 11.4 Å². The number of nitrogens with zero attached hydrogens (tertiary/aromatic N) is 2. The number of pyridine rings is 1. The van der Waals surface area contributed by atoms with Crippen LogP contribution in [0, 0.1) is 17.0 Å². The zero-order valence-corrected chi connectivity index (χ0v) is 15.9. The van der Waals surface area contributed by atoms with Crippen LogP contribution in [0.3, 0.4) is 0 Å². The molecule has 0 saturated heterocycles. The third-order valence-corrected chi connectivity index (χ3v) is 4.31. The number of hydrogen-bond acceptors (Lipinski definition) is 6. The van der Waals surface area contributed by atoms with Crippen molar-refractivity contribution in [1.29, 1.82) is 0 Å². The summed E-state index contributed by atoms with van der Waals surface area (Å²) >= 11 is 0. The van der Waals surface area contributed by atoms with Crippen molar-refractivity contribution in [3.05, 3.63) is 87.7 Å². The Bertz CT molecular complexity index is 1040. The zero-order valence-electron chi connectivity index (χ0n) is 15.9. The van der Waals surface area contributed by atoms with Gasteiger partial charge >= 0.3 is 0 Å². The Morgan fingerprint density at radius 3 is 2.59 bits per heavy atom. The minimum atomic E-state index is -0.509. The normalized spacial score (nSPS) is 10.3. The maximum absolute atomic E-state index is 12.6. The highest BCUT2D eigenvalue weighted by atomic mass is 16.6. The van der Waals surface area contributed by atoms with Gasteiger partial charge in [0.15, 0.2) is 11.5 Å². The molecule has 0 bridgehead atoms. The number of nitro benzene ring substituents is 1. The highest BCUT2D eigenvalue weighted by Gasteiger charge is 2.18. The zero-order chi connectivity index (χ0) is 20.8. The highest BCUT2D eigenvalue weighted by Crippen LogP contribution is 2.31. The molecule has 29 heavy (non-hydrogen) atoms. The highest BCUT2D eigenvalue weighted by molar-refractivity contribution is 6.06. The molecule has 0 aliphatic heterocycles. The van der Waals surface area contributed by atoms with Crippen molar-refractivity contribution in [2.24, 2.45) is 0 Å². The number of benzene rings is 2. The van der Waals surface area contributed by atoms with E-state index >= 15 is 0 Å². The van der Waals surface area contributed by atoms with Crippen molar-refractivity contribution in [2.75, 3.05) is 12.4 Å². The van der Waals surface area contributed by atoms with E-state index in [1.54, 1.807) is 43.6 Å². The van der Waals surface area contributed by atoms with Crippen LogP contribution in [0.15, 0.2) is 60.9 Å². The molecule has 0 atom stereocenters. The minimum Gasteiger partial charge on any atom is -0.493 e. The summed E-state index contributed by atoms with van der Waals surface area (Å²) in [5, 5.41) is 13.8. The van der Waals surface area contributed by atoms with Crippen molar-refractivity contribution in [3.8, 4) is 11.5 Å². The van der Waals surface area contributed by atoms with Crippen molar-refractivity contribution >= 4 is 17.3 Å². The second-order valence-electron chi connectivity index (χ2n) is 6.17. The molecule has 8 heteroatoms. The van der Waals surface area contributed by atoms with Crippen molar-refractivity contribution < 1.29 is 19.2 Å². The summed E-state index contributed by atoms with van der Waals surface area (Å²) in [6, 6.07) is 13.1. The number of nitro groups is 1. The van der Waals surface area contributed by atoms with Crippen LogP contribution in [0.5, 0.6) is 11.5 Å². The summed E-state index contributed by atoms with van der Waals surface area (Å²) in [5.74, 6) is 0.526. The summed E-state index contributed by atoms with van der Waals surface area (Å²) in [6.45, 7) is 1.85. The molecule has 3 rings (SSSR count). The van der Waals surface area contributed by atoms with Gasteiger partial charge in [0.25, 0.3) is 11.6 Å². The van der Waals surface area contributed by atoms with Crippen molar-refractivity contribution in [3.63, 3.8) is 0 Å². The maximum atomic E-state index is 12.6. The van der Waals surface area contributed by atoms with E-state index in [0.29, 0.717) is 29.4 Å². The standard InChI is InChI=1S/C21H19N3O5/c1-14-17(4-3-5-18(14)24(26)27)21(25)23-16-6-7-19(28-2)20(12-16)29-13-15-8-10-22-11-9-15/h3-12H,13H2,1-2H3,(H,23,25). The first-order valence-electron chi connectivity index (χ1n) is 8.74. The molecule has 0 radical (unpaired) electrons. The van der Waals surface area contributed by atoms with Gasteiger partial charge in [-0.25, -0.2) is 0 Å². The molecule has 2 aromatic carbocycles. The Morgan fingerprint density at radius 1 is 1.14 bits per heavy atom. The van der Waals surface area contributed by atoms with Crippen LogP contribution in [0.1, 0.15) is 21.5 Å². The summed E-state index contributed by atoms with van der Waals surface area (Å²) < 4.78 is 11.1. The lowest BCUT2D eigenvalue weighted by molar-refractivity contribution is -0.385. The number of amides is 1. The third kappa shape index (κ3) is 4.67. The molecule has 1 heterocycles. The fraction of sp³-hybridized carbons (Fsp3) is 0.143. The van der Waals surface area contributed by atoms with E-state index in [1.807, 2.05) is 12.1 Å². The number of nitrogens with one attached hydrogen (secondary N) is 1. The average Bonchev–Trinajstić information content (AvgIpc) is 2.73. The van der Waals surface area contributed by atoms with Gasteiger partial charge in [-0.15, -0.1) is 0 Å². The van der Waals surface area contributed by atoms with Gasteiger partial charge in [-0.05, 0) is 42.8 Å². The maximum Gasteiger partial charge on any atom is 0.273 e. The molecule has 0 spiro atoms. The summed E-state index contributed by atoms with van der Waals surface area (Å²) in [4.78, 5) is 27.2. The monoisotopic (exact) mass is 393 g/mol. The Balaban J connectivity index is 1.80. The number of aromatic nitrogens is 1. The number of ether oxygens (including phenoxy) is 2. The second kappa shape index (κ2) is 8.83. The lowest BCUT2D eigenvalue weighted by atomic mass is 10.1. The minimum absolute atomic E-state index is 0.103. The predicted molar refractivity (Wildman–Crippen MR) is 107 cm³/mol. The topological polar surface area (TPSA) is 104 Å². The second-order valence-corrected chi connectivity index (χ2v) is 6.17. The van der Waals surface area contributed by atoms with Crippen molar-refractivity contribution in [1.82, 2.24) is 4.98 Å². The van der Waals surface area contributed by atoms with Crippen molar-refractivity contribution in [2.45, 2.75) is 13.5 Å². The molecular weight excluding hydrogens is 374 g/mol. The molecule has 0 unspecified atom stereocenters. The first-order chi connectivity index (χ1) is 14.0. The van der Waals surface area contributed by atoms with Gasteiger partial charge in [0.1, 0.15) is 6.61 Å². The van der Waals surface area contributed by atoms with Gasteiger partial charge in [0, 0.05) is 41.3 Å². The Hall–Kier alpha value is -3.94. The first-order valence-corrected chi connectivity index (χ1v) is 8.74. The molecule has 8 nitrogen and oxygen atoms in total. The molecule has 148 valence electrons. The molecule has 0 aliphatic rings. The van der Waals surface area contributed by atoms with Crippen LogP contribution >= 0.6 is 0 Å². The summed E-state index contributed by atoms with van der Waals surface area (Å²) in [5.41, 5.74) is 1.84. The molecule has 1 amide bonds. The van der Waals surface area contributed by atoms with Gasteiger partial charge in [-0.2, -0.15) is 0 Å².